The highest BCUT2D eigenvalue weighted by Crippen LogP contribution is 2.29. The molecule has 0 spiro atoms. The number of nitrogens with two attached hydrogens (primary N) is 1. The van der Waals surface area contributed by atoms with Gasteiger partial charge in [0.1, 0.15) is 0 Å². The summed E-state index contributed by atoms with van der Waals surface area (Å²) in [5.41, 5.74) is 6.08. The molecular weight excluding hydrogens is 252 g/mol. The quantitative estimate of drug-likeness (QED) is 0.787. The van der Waals surface area contributed by atoms with Gasteiger partial charge in [0, 0.05) is 19.3 Å². The van der Waals surface area contributed by atoms with Gasteiger partial charge in [0.15, 0.2) is 0 Å². The van der Waals surface area contributed by atoms with Crippen molar-refractivity contribution in [3.05, 3.63) is 24.3 Å². The monoisotopic (exact) mass is 270 g/mol. The lowest BCUT2D eigenvalue weighted by Gasteiger charge is -2.34. The highest BCUT2D eigenvalue weighted by Gasteiger charge is 2.31. The predicted molar refractivity (Wildman–Crippen MR) is 69.4 cm³/mol. The van der Waals surface area contributed by atoms with Crippen molar-refractivity contribution in [3.8, 4) is 0 Å². The molecule has 0 aromatic heterocycles. The molecule has 0 heterocycles. The van der Waals surface area contributed by atoms with Crippen LogP contribution in [0.15, 0.2) is 29.2 Å². The van der Waals surface area contributed by atoms with Crippen molar-refractivity contribution in [2.45, 2.75) is 23.8 Å². The Labute approximate surface area is 107 Å². The van der Waals surface area contributed by atoms with Crippen LogP contribution in [-0.2, 0) is 10.0 Å². The number of aliphatic hydroxyl groups excluding tert-OH is 1. The maximum absolute atomic E-state index is 12.2. The maximum Gasteiger partial charge on any atom is 0.242 e. The van der Waals surface area contributed by atoms with E-state index in [1.54, 1.807) is 19.2 Å². The number of hydrogen-bond acceptors (Lipinski definition) is 4. The number of anilines is 1. The van der Waals surface area contributed by atoms with Gasteiger partial charge in [-0.1, -0.05) is 0 Å². The molecule has 0 aliphatic heterocycles. The highest BCUT2D eigenvalue weighted by atomic mass is 32.2. The van der Waals surface area contributed by atoms with Crippen molar-refractivity contribution < 1.29 is 13.5 Å². The molecule has 0 amide bonds. The Bertz CT molecular complexity index is 507. The third kappa shape index (κ3) is 2.66. The van der Waals surface area contributed by atoms with Gasteiger partial charge in [-0.3, -0.25) is 0 Å². The predicted octanol–water partition coefficient (Wildman–Crippen LogP) is 0.660. The van der Waals surface area contributed by atoms with E-state index in [-0.39, 0.29) is 16.9 Å². The molecule has 1 aliphatic carbocycles. The smallest absolute Gasteiger partial charge is 0.242 e. The summed E-state index contributed by atoms with van der Waals surface area (Å²) < 4.78 is 25.8. The molecule has 0 unspecified atom stereocenters. The summed E-state index contributed by atoms with van der Waals surface area (Å²) in [7, 11) is -1.88. The minimum atomic E-state index is -3.45. The van der Waals surface area contributed by atoms with Crippen LogP contribution in [-0.4, -0.2) is 37.5 Å². The van der Waals surface area contributed by atoms with Crippen molar-refractivity contribution in [2.75, 3.05) is 19.3 Å². The van der Waals surface area contributed by atoms with Crippen LogP contribution in [0.1, 0.15) is 12.8 Å². The first kappa shape index (κ1) is 13.3. The topological polar surface area (TPSA) is 83.6 Å². The van der Waals surface area contributed by atoms with Gasteiger partial charge in [-0.15, -0.1) is 0 Å². The average Bonchev–Trinajstić information content (AvgIpc) is 2.27. The van der Waals surface area contributed by atoms with E-state index in [4.69, 9.17) is 5.73 Å². The summed E-state index contributed by atoms with van der Waals surface area (Å²) in [6.45, 7) is 0.448. The van der Waals surface area contributed by atoms with Gasteiger partial charge in [-0.2, -0.15) is 0 Å². The fraction of sp³-hybridized carbons (Fsp3) is 0.500. The molecule has 1 aromatic carbocycles. The van der Waals surface area contributed by atoms with Crippen LogP contribution in [0, 0.1) is 5.92 Å². The molecule has 2 rings (SSSR count). The first-order valence-corrected chi connectivity index (χ1v) is 7.33. The number of hydrogen-bond donors (Lipinski definition) is 2. The van der Waals surface area contributed by atoms with Gasteiger partial charge in [0.05, 0.1) is 11.0 Å². The molecule has 0 atom stereocenters. The molecule has 0 bridgehead atoms. The van der Waals surface area contributed by atoms with E-state index in [9.17, 15) is 13.5 Å². The summed E-state index contributed by atoms with van der Waals surface area (Å²) in [6, 6.07) is 6.18. The van der Waals surface area contributed by atoms with Crippen LogP contribution in [0.4, 0.5) is 5.69 Å². The number of aliphatic hydroxyl groups is 1. The van der Waals surface area contributed by atoms with Gasteiger partial charge in [-0.05, 0) is 43.0 Å². The van der Waals surface area contributed by atoms with E-state index in [2.05, 4.69) is 0 Å². The number of rotatable bonds is 4. The molecule has 6 heteroatoms. The van der Waals surface area contributed by atoms with Crippen LogP contribution in [0.5, 0.6) is 0 Å². The number of sulfonamides is 1. The lowest BCUT2D eigenvalue weighted by molar-refractivity contribution is 0.0367. The molecular formula is C12H18N2O3S. The third-order valence-electron chi connectivity index (χ3n) is 3.31. The lowest BCUT2D eigenvalue weighted by atomic mass is 9.82. The molecule has 5 nitrogen and oxygen atoms in total. The first-order chi connectivity index (χ1) is 8.39. The number of benzene rings is 1. The summed E-state index contributed by atoms with van der Waals surface area (Å²) in [5, 5.41) is 9.20. The normalized spacial score (nSPS) is 23.9. The zero-order valence-corrected chi connectivity index (χ0v) is 11.1. The minimum Gasteiger partial charge on any atom is -0.399 e. The minimum absolute atomic E-state index is 0.249. The summed E-state index contributed by atoms with van der Waals surface area (Å²) in [6.07, 6.45) is 1.10. The molecule has 1 aromatic rings. The van der Waals surface area contributed by atoms with Gasteiger partial charge in [0.2, 0.25) is 10.0 Å². The summed E-state index contributed by atoms with van der Waals surface area (Å²) in [4.78, 5) is 0.249. The van der Waals surface area contributed by atoms with Gasteiger partial charge in [0.25, 0.3) is 0 Å². The molecule has 1 aliphatic rings. The second-order valence-corrected chi connectivity index (χ2v) is 6.89. The second-order valence-electron chi connectivity index (χ2n) is 4.85. The van der Waals surface area contributed by atoms with Crippen molar-refractivity contribution in [1.82, 2.24) is 4.31 Å². The molecule has 1 saturated carbocycles. The Hall–Kier alpha value is -1.11. The molecule has 3 N–H and O–H groups in total. The lowest BCUT2D eigenvalue weighted by Crippen LogP contribution is -2.39. The Kier molecular flexibility index (Phi) is 3.61. The first-order valence-electron chi connectivity index (χ1n) is 5.89. The second kappa shape index (κ2) is 4.87. The standard InChI is InChI=1S/C12H18N2O3S/c1-14(8-9-6-11(15)7-9)18(16,17)12-4-2-10(13)3-5-12/h2-5,9,11,15H,6-8,13H2,1H3. The van der Waals surface area contributed by atoms with Gasteiger partial charge in [-0.25, -0.2) is 12.7 Å². The van der Waals surface area contributed by atoms with E-state index in [1.165, 1.54) is 16.4 Å². The SMILES string of the molecule is CN(CC1CC(O)C1)S(=O)(=O)c1ccc(N)cc1. The van der Waals surface area contributed by atoms with Crippen molar-refractivity contribution >= 4 is 15.7 Å². The number of nitrogen functional groups attached to an aromatic ring is 1. The van der Waals surface area contributed by atoms with Crippen molar-refractivity contribution in [2.24, 2.45) is 5.92 Å². The average molecular weight is 270 g/mol. The van der Waals surface area contributed by atoms with Gasteiger partial charge < -0.3 is 10.8 Å². The van der Waals surface area contributed by atoms with Crippen molar-refractivity contribution in [3.63, 3.8) is 0 Å². The van der Waals surface area contributed by atoms with Crippen LogP contribution in [0.25, 0.3) is 0 Å². The largest absolute Gasteiger partial charge is 0.399 e. The summed E-state index contributed by atoms with van der Waals surface area (Å²) >= 11 is 0. The van der Waals surface area contributed by atoms with E-state index in [0.717, 1.165) is 0 Å². The zero-order valence-electron chi connectivity index (χ0n) is 10.3. The fourth-order valence-electron chi connectivity index (χ4n) is 2.13. The Morgan fingerprint density at radius 1 is 1.33 bits per heavy atom. The van der Waals surface area contributed by atoms with Crippen LogP contribution in [0.2, 0.25) is 0 Å². The molecule has 100 valence electrons. The fourth-order valence-corrected chi connectivity index (χ4v) is 3.38. The summed E-state index contributed by atoms with van der Waals surface area (Å²) in [5.74, 6) is 0.258. The molecule has 18 heavy (non-hydrogen) atoms. The Balaban J connectivity index is 2.08. The van der Waals surface area contributed by atoms with E-state index in [0.29, 0.717) is 25.1 Å². The van der Waals surface area contributed by atoms with E-state index < -0.39 is 10.0 Å². The highest BCUT2D eigenvalue weighted by molar-refractivity contribution is 7.89. The van der Waals surface area contributed by atoms with E-state index in [1.807, 2.05) is 0 Å². The third-order valence-corrected chi connectivity index (χ3v) is 5.15. The van der Waals surface area contributed by atoms with E-state index >= 15 is 0 Å². The molecule has 1 fully saturated rings. The zero-order chi connectivity index (χ0) is 13.3. The maximum atomic E-state index is 12.2. The number of nitrogens with zero attached hydrogens (tertiary/aromatic N) is 1. The Morgan fingerprint density at radius 2 is 1.89 bits per heavy atom. The van der Waals surface area contributed by atoms with Gasteiger partial charge >= 0.3 is 0 Å². The Morgan fingerprint density at radius 3 is 2.39 bits per heavy atom. The molecule has 0 saturated heterocycles. The van der Waals surface area contributed by atoms with Crippen molar-refractivity contribution in [1.29, 1.82) is 0 Å². The molecule has 0 radical (unpaired) electrons. The van der Waals surface area contributed by atoms with Crippen LogP contribution >= 0.6 is 0 Å². The van der Waals surface area contributed by atoms with Crippen LogP contribution < -0.4 is 5.73 Å². The van der Waals surface area contributed by atoms with Crippen LogP contribution in [0.3, 0.4) is 0 Å².